The number of anilines is 1. The molecule has 0 aliphatic rings. The fourth-order valence-corrected chi connectivity index (χ4v) is 3.69. The van der Waals surface area contributed by atoms with Crippen LogP contribution in [0.5, 0.6) is 5.75 Å². The molecule has 0 radical (unpaired) electrons. The summed E-state index contributed by atoms with van der Waals surface area (Å²) in [6.07, 6.45) is 0.243. The zero-order valence-electron chi connectivity index (χ0n) is 18.8. The van der Waals surface area contributed by atoms with Gasteiger partial charge in [-0.05, 0) is 41.3 Å². The molecule has 32 heavy (non-hydrogen) atoms. The monoisotopic (exact) mass is 430 g/mol. The van der Waals surface area contributed by atoms with Gasteiger partial charge in [0.25, 0.3) is 0 Å². The van der Waals surface area contributed by atoms with Crippen LogP contribution < -0.4 is 10.1 Å². The molecule has 1 N–H and O–H groups in total. The maximum atomic E-state index is 13.4. The lowest BCUT2D eigenvalue weighted by atomic mass is 9.99. The van der Waals surface area contributed by atoms with E-state index in [1.165, 1.54) is 0 Å². The number of benzene rings is 3. The molecule has 5 nitrogen and oxygen atoms in total. The second-order valence-corrected chi connectivity index (χ2v) is 8.08. The number of rotatable bonds is 9. The van der Waals surface area contributed by atoms with Crippen molar-refractivity contribution in [3.63, 3.8) is 0 Å². The van der Waals surface area contributed by atoms with Crippen molar-refractivity contribution >= 4 is 17.5 Å². The minimum atomic E-state index is -0.617. The van der Waals surface area contributed by atoms with E-state index in [2.05, 4.69) is 5.32 Å². The van der Waals surface area contributed by atoms with Gasteiger partial charge in [0.1, 0.15) is 11.8 Å². The van der Waals surface area contributed by atoms with Crippen molar-refractivity contribution in [2.45, 2.75) is 32.9 Å². The van der Waals surface area contributed by atoms with E-state index in [4.69, 9.17) is 4.74 Å². The van der Waals surface area contributed by atoms with Crippen molar-refractivity contribution in [2.75, 3.05) is 12.4 Å². The Balaban J connectivity index is 1.86. The third kappa shape index (κ3) is 6.20. The highest BCUT2D eigenvalue weighted by molar-refractivity contribution is 5.97. The van der Waals surface area contributed by atoms with E-state index in [-0.39, 0.29) is 24.2 Å². The highest BCUT2D eigenvalue weighted by Crippen LogP contribution is 2.21. The van der Waals surface area contributed by atoms with Gasteiger partial charge in [-0.3, -0.25) is 9.59 Å². The lowest BCUT2D eigenvalue weighted by Crippen LogP contribution is -2.50. The second-order valence-electron chi connectivity index (χ2n) is 8.08. The van der Waals surface area contributed by atoms with Gasteiger partial charge in [0, 0.05) is 12.2 Å². The number of amides is 2. The lowest BCUT2D eigenvalue weighted by Gasteiger charge is -2.34. The van der Waals surface area contributed by atoms with Crippen molar-refractivity contribution in [2.24, 2.45) is 5.92 Å². The van der Waals surface area contributed by atoms with Gasteiger partial charge in [0.15, 0.2) is 0 Å². The molecule has 0 aromatic heterocycles. The van der Waals surface area contributed by atoms with Crippen LogP contribution in [-0.4, -0.2) is 29.9 Å². The molecule has 1 unspecified atom stereocenters. The lowest BCUT2D eigenvalue weighted by molar-refractivity contribution is -0.140. The summed E-state index contributed by atoms with van der Waals surface area (Å²) in [7, 11) is 1.60. The minimum absolute atomic E-state index is 0.0725. The van der Waals surface area contributed by atoms with E-state index in [0.29, 0.717) is 18.0 Å². The maximum absolute atomic E-state index is 13.4. The van der Waals surface area contributed by atoms with Gasteiger partial charge in [0.2, 0.25) is 11.8 Å². The summed E-state index contributed by atoms with van der Waals surface area (Å²) in [4.78, 5) is 28.5. The van der Waals surface area contributed by atoms with Crippen LogP contribution in [0.4, 0.5) is 5.69 Å². The zero-order chi connectivity index (χ0) is 22.9. The maximum Gasteiger partial charge on any atom is 0.247 e. The molecule has 3 aromatic carbocycles. The number of nitrogens with zero attached hydrogens (tertiary/aromatic N) is 1. The van der Waals surface area contributed by atoms with Crippen LogP contribution >= 0.6 is 0 Å². The first-order valence-corrected chi connectivity index (χ1v) is 10.8. The zero-order valence-corrected chi connectivity index (χ0v) is 18.8. The molecular weight excluding hydrogens is 400 g/mol. The summed E-state index contributed by atoms with van der Waals surface area (Å²) < 4.78 is 5.19. The average molecular weight is 431 g/mol. The Morgan fingerprint density at radius 3 is 1.94 bits per heavy atom. The van der Waals surface area contributed by atoms with Crippen LogP contribution in [0.15, 0.2) is 84.9 Å². The van der Waals surface area contributed by atoms with Crippen LogP contribution in [0.25, 0.3) is 0 Å². The number of carbonyl (C=O) groups is 2. The number of nitrogens with one attached hydrogen (secondary N) is 1. The first-order valence-electron chi connectivity index (χ1n) is 10.8. The van der Waals surface area contributed by atoms with E-state index in [1.807, 2.05) is 74.5 Å². The SMILES string of the molecule is COc1ccc(NC(=O)C(C(C)C)N(Cc2ccccc2)C(=O)Cc2ccccc2)cc1. The molecule has 166 valence electrons. The van der Waals surface area contributed by atoms with E-state index in [0.717, 1.165) is 11.1 Å². The van der Waals surface area contributed by atoms with E-state index < -0.39 is 6.04 Å². The van der Waals surface area contributed by atoms with Gasteiger partial charge in [-0.2, -0.15) is 0 Å². The molecule has 0 aliphatic heterocycles. The summed E-state index contributed by atoms with van der Waals surface area (Å²) in [5, 5.41) is 2.97. The Kier molecular flexibility index (Phi) is 8.03. The Morgan fingerprint density at radius 2 is 1.41 bits per heavy atom. The van der Waals surface area contributed by atoms with Crippen LogP contribution in [0.2, 0.25) is 0 Å². The summed E-state index contributed by atoms with van der Waals surface area (Å²) in [5.41, 5.74) is 2.57. The van der Waals surface area contributed by atoms with Crippen molar-refractivity contribution in [1.82, 2.24) is 4.90 Å². The van der Waals surface area contributed by atoms with Gasteiger partial charge in [-0.15, -0.1) is 0 Å². The van der Waals surface area contributed by atoms with Crippen LogP contribution in [0.1, 0.15) is 25.0 Å². The second kappa shape index (κ2) is 11.1. The average Bonchev–Trinajstić information content (AvgIpc) is 2.80. The highest BCUT2D eigenvalue weighted by atomic mass is 16.5. The third-order valence-corrected chi connectivity index (χ3v) is 5.31. The summed E-state index contributed by atoms with van der Waals surface area (Å²) >= 11 is 0. The Morgan fingerprint density at radius 1 is 0.844 bits per heavy atom. The third-order valence-electron chi connectivity index (χ3n) is 5.31. The molecule has 3 rings (SSSR count). The molecule has 0 saturated carbocycles. The van der Waals surface area contributed by atoms with E-state index in [1.54, 1.807) is 36.3 Å². The summed E-state index contributed by atoms with van der Waals surface area (Å²) in [6, 6.07) is 25.9. The first kappa shape index (κ1) is 23.1. The van der Waals surface area contributed by atoms with Gasteiger partial charge in [-0.1, -0.05) is 74.5 Å². The fourth-order valence-electron chi connectivity index (χ4n) is 3.69. The molecule has 0 spiro atoms. The molecule has 1 atom stereocenters. The Hall–Kier alpha value is -3.60. The largest absolute Gasteiger partial charge is 0.497 e. The van der Waals surface area contributed by atoms with Crippen molar-refractivity contribution < 1.29 is 14.3 Å². The molecule has 2 amide bonds. The molecule has 3 aromatic rings. The molecule has 0 heterocycles. The standard InChI is InChI=1S/C27H30N2O3/c1-20(2)26(27(31)28-23-14-16-24(32-3)17-15-23)29(19-22-12-8-5-9-13-22)25(30)18-21-10-6-4-7-11-21/h4-17,20,26H,18-19H2,1-3H3,(H,28,31). The van der Waals surface area contributed by atoms with Crippen molar-refractivity contribution in [3.05, 3.63) is 96.1 Å². The molecule has 0 bridgehead atoms. The normalized spacial score (nSPS) is 11.6. The molecule has 0 aliphatic carbocycles. The van der Waals surface area contributed by atoms with Gasteiger partial charge in [-0.25, -0.2) is 0 Å². The molecule has 0 saturated heterocycles. The minimum Gasteiger partial charge on any atom is -0.497 e. The number of hydrogen-bond donors (Lipinski definition) is 1. The Labute approximate surface area is 190 Å². The van der Waals surface area contributed by atoms with Crippen LogP contribution in [-0.2, 0) is 22.6 Å². The number of methoxy groups -OCH3 is 1. The summed E-state index contributed by atoms with van der Waals surface area (Å²) in [5.74, 6) is 0.356. The number of ether oxygens (including phenoxy) is 1. The first-order chi connectivity index (χ1) is 15.5. The topological polar surface area (TPSA) is 58.6 Å². The van der Waals surface area contributed by atoms with Crippen molar-refractivity contribution in [1.29, 1.82) is 0 Å². The van der Waals surface area contributed by atoms with Gasteiger partial charge < -0.3 is 15.0 Å². The summed E-state index contributed by atoms with van der Waals surface area (Å²) in [6.45, 7) is 4.30. The quantitative estimate of drug-likeness (QED) is 0.524. The smallest absolute Gasteiger partial charge is 0.247 e. The van der Waals surface area contributed by atoms with Crippen molar-refractivity contribution in [3.8, 4) is 5.75 Å². The predicted molar refractivity (Wildman–Crippen MR) is 127 cm³/mol. The molecule has 5 heteroatoms. The highest BCUT2D eigenvalue weighted by Gasteiger charge is 2.32. The predicted octanol–water partition coefficient (Wildman–Crippen LogP) is 4.93. The number of carbonyl (C=O) groups excluding carboxylic acids is 2. The van der Waals surface area contributed by atoms with Crippen LogP contribution in [0.3, 0.4) is 0 Å². The fraction of sp³-hybridized carbons (Fsp3) is 0.259. The molecular formula is C27H30N2O3. The van der Waals surface area contributed by atoms with E-state index >= 15 is 0 Å². The van der Waals surface area contributed by atoms with Gasteiger partial charge in [0.05, 0.1) is 13.5 Å². The van der Waals surface area contributed by atoms with E-state index in [9.17, 15) is 9.59 Å². The number of hydrogen-bond acceptors (Lipinski definition) is 3. The Bertz CT molecular complexity index is 1000. The van der Waals surface area contributed by atoms with Crippen LogP contribution in [0, 0.1) is 5.92 Å². The van der Waals surface area contributed by atoms with Gasteiger partial charge >= 0.3 is 0 Å². The molecule has 0 fully saturated rings.